The molecule has 77 heavy (non-hydrogen) atoms. The third-order valence-electron chi connectivity index (χ3n) is 15.6. The van der Waals surface area contributed by atoms with Crippen LogP contribution in [0.25, 0.3) is 0 Å². The van der Waals surface area contributed by atoms with Crippen molar-refractivity contribution in [3.05, 3.63) is 51.3 Å². The van der Waals surface area contributed by atoms with Crippen LogP contribution in [0.15, 0.2) is 41.5 Å². The lowest BCUT2D eigenvalue weighted by Crippen LogP contribution is -2.61. The van der Waals surface area contributed by atoms with Crippen LogP contribution in [0.1, 0.15) is 155 Å². The molecule has 4 rings (SSSR count). The second-order valence-electron chi connectivity index (χ2n) is 21.6. The molecule has 5 N–H and O–H groups in total. The number of ketones is 1. The van der Waals surface area contributed by atoms with Crippen LogP contribution in [0, 0.1) is 38.7 Å². The van der Waals surface area contributed by atoms with Crippen molar-refractivity contribution in [3.8, 4) is 0 Å². The van der Waals surface area contributed by atoms with Gasteiger partial charge in [-0.1, -0.05) is 65.8 Å². The fraction of sp³-hybridized carbons (Fsp3) is 0.855. The molecule has 448 valence electrons. The number of ether oxygens (including phenoxy) is 7. The zero-order valence-corrected chi connectivity index (χ0v) is 49.8. The summed E-state index contributed by atoms with van der Waals surface area (Å²) in [5.74, 6) is -4.52. The quantitative estimate of drug-likeness (QED) is 0.0273. The van der Waals surface area contributed by atoms with E-state index >= 15 is 0 Å². The molecule has 3 saturated heterocycles. The lowest BCUT2D eigenvalue weighted by Gasteiger charge is -2.50. The van der Waals surface area contributed by atoms with Crippen molar-refractivity contribution < 1.29 is 67.4 Å². The van der Waals surface area contributed by atoms with Gasteiger partial charge in [-0.05, 0) is 93.7 Å². The van der Waals surface area contributed by atoms with Gasteiger partial charge < -0.3 is 58.8 Å². The van der Waals surface area contributed by atoms with E-state index < -0.39 is 113 Å². The average molecular weight is 1110 g/mol. The lowest BCUT2D eigenvalue weighted by molar-refractivity contribution is -0.423. The van der Waals surface area contributed by atoms with Crippen LogP contribution in [-0.4, -0.2) is 168 Å². The number of aliphatic hydroxyl groups is 3. The highest BCUT2D eigenvalue weighted by Gasteiger charge is 2.54. The molecular weight excluding hydrogens is 1000 g/mol. The molecule has 4 heterocycles. The van der Waals surface area contributed by atoms with E-state index in [0.29, 0.717) is 45.1 Å². The second-order valence-corrected chi connectivity index (χ2v) is 21.6. The number of halogens is 1. The number of methoxy groups -OCH3 is 2. The molecule has 0 aliphatic carbocycles. The summed E-state index contributed by atoms with van der Waals surface area (Å²) >= 11 is 0. The van der Waals surface area contributed by atoms with Crippen LogP contribution in [0.2, 0.25) is 0 Å². The number of cyclic esters (lactones) is 1. The number of rotatable bonds is 19. The molecule has 22 heteroatoms. The summed E-state index contributed by atoms with van der Waals surface area (Å²) in [6.45, 7) is 32.1. The number of nitro groups is 1. The molecule has 0 aromatic rings. The third-order valence-corrected chi connectivity index (χ3v) is 15.6. The Balaban J connectivity index is 0.00000273. The second kappa shape index (κ2) is 33.3. The molecule has 4 aliphatic heterocycles. The number of aliphatic hydroxyl groups excluding tert-OH is 2. The van der Waals surface area contributed by atoms with Crippen LogP contribution >= 0.6 is 0 Å². The van der Waals surface area contributed by atoms with E-state index in [1.54, 1.807) is 39.8 Å². The number of nitroso groups, excluding NO2 is 1. The Hall–Kier alpha value is -3.55. The Kier molecular flexibility index (Phi) is 30.9. The molecule has 0 saturated carbocycles. The average Bonchev–Trinajstić information content (AvgIpc) is 3.88. The Morgan fingerprint density at radius 2 is 1.61 bits per heavy atom. The summed E-state index contributed by atoms with van der Waals surface area (Å²) in [6, 6.07) is -1.87. The first-order valence-corrected chi connectivity index (χ1v) is 27.5. The number of allylic oxidation sites excluding steroid dienone is 1. The number of likely N-dealkylation sites (N-methyl/N-ethyl adjacent to an activating group) is 1. The standard InChI is InChI=1S/C49H86FN5O12.C3H5NO2.C2H6.CH4O/c1-16-28(4)21-35(26-50)55-27-34(51-53-55)19-20-54(13)37-22-30(6)64-46(40(37)52-60)67-44-36(17-2)42(66-39-25-47(10,61-14)24-31(7)63-39)33(9)45(58)65-38(18-3)49(12,59)43(57)32(8)41(56)29(5)23-48(44,11)62-15;1-3(2)4(5)6;2*1-2/h27,29-33,35-40,42-44,46,51,53,57,59H,4,16-26H2,1-3,5-15H3;1H2,2H3;1-2H3;2H,1H3/t29-,30-,31+,32+,33-,35+,36+,37+,38-,39+,40-,42-,43-,44-,46+,47+,48-,49-;;;/m1.../s1. The number of hydrogen-bond donors (Lipinski definition) is 5. The van der Waals surface area contributed by atoms with Gasteiger partial charge in [0.05, 0.1) is 58.6 Å². The predicted octanol–water partition coefficient (Wildman–Crippen LogP) is 7.69. The van der Waals surface area contributed by atoms with E-state index in [4.69, 9.17) is 38.3 Å². The van der Waals surface area contributed by atoms with E-state index in [1.165, 1.54) is 21.0 Å². The SMILES string of the molecule is C=C(C)[N+](=O)[O-].C=C(CC)C[C@@H](CF)N1C=C(CCN(C)[C@H]2C[C@@H](C)O[C@@H](O[C@@H]3[C@@H](CC)[C@H](O[C@H]4C[C@@](C)(OC)C[C@H](C)O4)[C@@H](C)C(=O)O[C@H](CC)[C@@](C)(O)[C@H](O)[C@@H](C)C(=O)[C@H](C)C[C@@]3(C)OC)[C@@H]2N=O)NN1.CC.CO. The van der Waals surface area contributed by atoms with E-state index in [1.807, 2.05) is 68.6 Å². The van der Waals surface area contributed by atoms with Gasteiger partial charge in [-0.15, -0.1) is 5.53 Å². The molecule has 0 radical (unpaired) electrons. The Labute approximate surface area is 459 Å². The van der Waals surface area contributed by atoms with Gasteiger partial charge in [0.2, 0.25) is 5.70 Å². The van der Waals surface area contributed by atoms with Crippen molar-refractivity contribution >= 4 is 11.8 Å². The number of hydrogen-bond acceptors (Lipinski definition) is 20. The first kappa shape index (κ1) is 71.5. The molecule has 0 amide bonds. The maximum Gasteiger partial charge on any atom is 0.311 e. The number of carbonyl (C=O) groups is 2. The highest BCUT2D eigenvalue weighted by atomic mass is 19.1. The summed E-state index contributed by atoms with van der Waals surface area (Å²) < 4.78 is 59.6. The van der Waals surface area contributed by atoms with Crippen molar-refractivity contribution in [3.63, 3.8) is 0 Å². The number of hydrazine groups is 2. The zero-order chi connectivity index (χ0) is 59.3. The molecule has 0 aromatic carbocycles. The van der Waals surface area contributed by atoms with Crippen molar-refractivity contribution in [1.82, 2.24) is 20.9 Å². The van der Waals surface area contributed by atoms with Crippen molar-refractivity contribution in [1.29, 1.82) is 0 Å². The summed E-state index contributed by atoms with van der Waals surface area (Å²) in [7, 11) is 6.09. The van der Waals surface area contributed by atoms with Crippen molar-refractivity contribution in [2.45, 2.75) is 239 Å². The number of nitrogens with one attached hydrogen (secondary N) is 2. The zero-order valence-electron chi connectivity index (χ0n) is 49.8. The fourth-order valence-electron chi connectivity index (χ4n) is 10.8. The number of carbonyl (C=O) groups excluding carboxylic acids is 2. The van der Waals surface area contributed by atoms with E-state index in [9.17, 15) is 39.2 Å². The summed E-state index contributed by atoms with van der Waals surface area (Å²) in [5, 5.41) is 45.3. The highest BCUT2D eigenvalue weighted by molar-refractivity contribution is 5.83. The number of esters is 1. The minimum atomic E-state index is -1.98. The van der Waals surface area contributed by atoms with Crippen molar-refractivity contribution in [2.24, 2.45) is 28.8 Å². The molecule has 0 aromatic heterocycles. The third kappa shape index (κ3) is 19.6. The van der Waals surface area contributed by atoms with E-state index in [2.05, 4.69) is 34.2 Å². The van der Waals surface area contributed by atoms with Crippen LogP contribution in [0.3, 0.4) is 0 Å². The van der Waals surface area contributed by atoms with Crippen LogP contribution < -0.4 is 11.0 Å². The summed E-state index contributed by atoms with van der Waals surface area (Å²) in [6.07, 6.45) is -1.73. The van der Waals surface area contributed by atoms with Gasteiger partial charge in [0, 0.05) is 89.8 Å². The topological polar surface area (TPSA) is 263 Å². The fourth-order valence-corrected chi connectivity index (χ4v) is 10.8. The number of nitrogens with zero attached hydrogens (tertiary/aromatic N) is 4. The molecule has 3 fully saturated rings. The van der Waals surface area contributed by atoms with Gasteiger partial charge in [-0.2, -0.15) is 4.91 Å². The first-order valence-electron chi connectivity index (χ1n) is 27.5. The largest absolute Gasteiger partial charge is 0.459 e. The lowest BCUT2D eigenvalue weighted by atomic mass is 9.73. The Morgan fingerprint density at radius 3 is 2.12 bits per heavy atom. The molecule has 4 aliphatic rings. The predicted molar refractivity (Wildman–Crippen MR) is 293 cm³/mol. The highest BCUT2D eigenvalue weighted by Crippen LogP contribution is 2.43. The van der Waals surface area contributed by atoms with Gasteiger partial charge in [0.25, 0.3) is 0 Å². The normalized spacial score (nSPS) is 36.4. The van der Waals surface area contributed by atoms with Crippen molar-refractivity contribution in [2.75, 3.05) is 41.6 Å². The molecule has 0 unspecified atom stereocenters. The summed E-state index contributed by atoms with van der Waals surface area (Å²) in [5.41, 5.74) is 4.11. The minimum absolute atomic E-state index is 0.0185. The van der Waals surface area contributed by atoms with Gasteiger partial charge >= 0.3 is 5.97 Å². The molecule has 0 spiro atoms. The Morgan fingerprint density at radius 1 is 1.00 bits per heavy atom. The Bertz CT molecular complexity index is 1870. The van der Waals surface area contributed by atoms with Gasteiger partial charge in [-0.3, -0.25) is 24.7 Å². The van der Waals surface area contributed by atoms with Crippen LogP contribution in [-0.2, 0) is 42.7 Å². The van der Waals surface area contributed by atoms with E-state index in [-0.39, 0.29) is 36.5 Å². The smallest absolute Gasteiger partial charge is 0.311 e. The van der Waals surface area contributed by atoms with Gasteiger partial charge in [0.1, 0.15) is 24.2 Å². The number of Topliss-reactive ketones (excluding diaryl/α,β-unsaturated/α-hetero) is 1. The number of alkyl halides is 1. The van der Waals surface area contributed by atoms with Gasteiger partial charge in [-0.25, -0.2) is 4.39 Å². The van der Waals surface area contributed by atoms with E-state index in [0.717, 1.165) is 24.8 Å². The maximum atomic E-state index is 14.6. The molecule has 0 bridgehead atoms. The molecular formula is C55H101FN6O15. The van der Waals surface area contributed by atoms with Crippen LogP contribution in [0.4, 0.5) is 4.39 Å². The monoisotopic (exact) mass is 1100 g/mol. The van der Waals surface area contributed by atoms with Gasteiger partial charge in [0.15, 0.2) is 18.6 Å². The summed E-state index contributed by atoms with van der Waals surface area (Å²) in [4.78, 5) is 53.0. The molecule has 21 nitrogen and oxygen atoms in total. The van der Waals surface area contributed by atoms with Crippen LogP contribution in [0.5, 0.6) is 0 Å². The molecule has 18 atom stereocenters. The minimum Gasteiger partial charge on any atom is -0.459 e. The maximum absolute atomic E-state index is 14.6. The first-order chi connectivity index (χ1) is 36.1.